The maximum Gasteiger partial charge on any atom is 0.278 e. The second-order valence-corrected chi connectivity index (χ2v) is 5.11. The number of nitrogens with two attached hydrogens (primary N) is 1. The zero-order valence-electron chi connectivity index (χ0n) is 10.8. The number of H-pyrrole nitrogens is 1. The number of rotatable bonds is 4. The Bertz CT molecular complexity index is 639. The molecule has 20 heavy (non-hydrogen) atoms. The first-order valence-electron chi connectivity index (χ1n) is 6.12. The minimum Gasteiger partial charge on any atom is -0.395 e. The average molecular weight is 313 g/mol. The summed E-state index contributed by atoms with van der Waals surface area (Å²) in [5, 5.41) is 10.2. The molecule has 0 fully saturated rings. The summed E-state index contributed by atoms with van der Waals surface area (Å²) in [5.74, 6) is -0.389. The third kappa shape index (κ3) is 3.05. The van der Waals surface area contributed by atoms with E-state index in [0.29, 0.717) is 21.4 Å². The van der Waals surface area contributed by atoms with Gasteiger partial charge in [0.1, 0.15) is 0 Å². The van der Waals surface area contributed by atoms with Crippen LogP contribution in [0.4, 0.5) is 11.4 Å². The van der Waals surface area contributed by atoms with Crippen LogP contribution in [0.2, 0.25) is 10.0 Å². The average Bonchev–Trinajstić information content (AvgIpc) is 2.76. The van der Waals surface area contributed by atoms with Gasteiger partial charge in [-0.25, -0.2) is 0 Å². The summed E-state index contributed by atoms with van der Waals surface area (Å²) in [7, 11) is 0. The van der Waals surface area contributed by atoms with Crippen LogP contribution >= 0.6 is 23.2 Å². The van der Waals surface area contributed by atoms with Gasteiger partial charge >= 0.3 is 0 Å². The summed E-state index contributed by atoms with van der Waals surface area (Å²) in [4.78, 5) is 12.1. The maximum atomic E-state index is 12.1. The van der Waals surface area contributed by atoms with Crippen molar-refractivity contribution in [2.45, 2.75) is 19.8 Å². The fraction of sp³-hybridized carbons (Fsp3) is 0.231. The molecule has 7 heteroatoms. The molecule has 0 unspecified atom stereocenters. The number of halogens is 2. The van der Waals surface area contributed by atoms with Gasteiger partial charge < -0.3 is 11.1 Å². The van der Waals surface area contributed by atoms with Gasteiger partial charge in [-0.2, -0.15) is 5.10 Å². The van der Waals surface area contributed by atoms with E-state index in [1.54, 1.807) is 18.2 Å². The van der Waals surface area contributed by atoms with Gasteiger partial charge in [0.2, 0.25) is 0 Å². The Morgan fingerprint density at radius 1 is 1.40 bits per heavy atom. The van der Waals surface area contributed by atoms with Crippen LogP contribution in [0.25, 0.3) is 0 Å². The summed E-state index contributed by atoms with van der Waals surface area (Å²) in [6.45, 7) is 2.02. The van der Waals surface area contributed by atoms with E-state index in [0.717, 1.165) is 18.5 Å². The molecule has 1 aromatic carbocycles. The quantitative estimate of drug-likeness (QED) is 0.807. The molecular weight excluding hydrogens is 299 g/mol. The molecule has 0 spiro atoms. The minimum absolute atomic E-state index is 0.180. The first-order chi connectivity index (χ1) is 9.52. The highest BCUT2D eigenvalue weighted by Gasteiger charge is 2.17. The van der Waals surface area contributed by atoms with Crippen LogP contribution in [0.5, 0.6) is 0 Å². The lowest BCUT2D eigenvalue weighted by Crippen LogP contribution is -2.14. The molecule has 1 aromatic heterocycles. The Morgan fingerprint density at radius 2 is 2.15 bits per heavy atom. The van der Waals surface area contributed by atoms with Crippen molar-refractivity contribution in [3.8, 4) is 0 Å². The Hall–Kier alpha value is -1.72. The number of nitrogen functional groups attached to an aromatic ring is 1. The molecule has 0 aliphatic carbocycles. The molecule has 1 heterocycles. The molecule has 0 atom stereocenters. The van der Waals surface area contributed by atoms with E-state index < -0.39 is 0 Å². The summed E-state index contributed by atoms with van der Waals surface area (Å²) < 4.78 is 0. The van der Waals surface area contributed by atoms with Gasteiger partial charge in [0.05, 0.1) is 21.4 Å². The number of hydrogen-bond acceptors (Lipinski definition) is 3. The topological polar surface area (TPSA) is 83.8 Å². The van der Waals surface area contributed by atoms with E-state index >= 15 is 0 Å². The molecule has 4 N–H and O–H groups in total. The van der Waals surface area contributed by atoms with Crippen LogP contribution in [0.1, 0.15) is 29.5 Å². The second-order valence-electron chi connectivity index (χ2n) is 4.30. The molecule has 0 aliphatic heterocycles. The van der Waals surface area contributed by atoms with E-state index in [1.807, 2.05) is 6.92 Å². The van der Waals surface area contributed by atoms with Gasteiger partial charge in [-0.1, -0.05) is 36.5 Å². The van der Waals surface area contributed by atoms with Crippen molar-refractivity contribution >= 4 is 40.5 Å². The summed E-state index contributed by atoms with van der Waals surface area (Å²) in [6, 6.07) is 4.83. The number of benzene rings is 1. The number of nitrogens with one attached hydrogen (secondary N) is 2. The highest BCUT2D eigenvalue weighted by molar-refractivity contribution is 6.42. The molecule has 0 radical (unpaired) electrons. The molecule has 0 bridgehead atoms. The van der Waals surface area contributed by atoms with Crippen molar-refractivity contribution in [3.05, 3.63) is 39.6 Å². The molecule has 2 rings (SSSR count). The van der Waals surface area contributed by atoms with E-state index in [9.17, 15) is 4.79 Å². The van der Waals surface area contributed by atoms with Crippen molar-refractivity contribution in [1.29, 1.82) is 0 Å². The normalized spacial score (nSPS) is 10.6. The molecule has 5 nitrogen and oxygen atoms in total. The SMILES string of the molecule is CCCc1[nH]nc(C(=O)Nc2ccc(Cl)c(Cl)c2)c1N. The van der Waals surface area contributed by atoms with Gasteiger partial charge in [0, 0.05) is 5.69 Å². The Morgan fingerprint density at radius 3 is 2.80 bits per heavy atom. The predicted octanol–water partition coefficient (Wildman–Crippen LogP) is 3.50. The summed E-state index contributed by atoms with van der Waals surface area (Å²) in [5.41, 5.74) is 7.76. The van der Waals surface area contributed by atoms with Crippen molar-refractivity contribution in [2.75, 3.05) is 11.1 Å². The maximum absolute atomic E-state index is 12.1. The standard InChI is InChI=1S/C13H14Cl2N4O/c1-2-3-10-11(16)12(19-18-10)13(20)17-7-4-5-8(14)9(15)6-7/h4-6H,2-3,16H2,1H3,(H,17,20)(H,18,19). The fourth-order valence-electron chi connectivity index (χ4n) is 1.76. The number of anilines is 2. The number of amides is 1. The number of nitrogens with zero attached hydrogens (tertiary/aromatic N) is 1. The van der Waals surface area contributed by atoms with E-state index in [1.165, 1.54) is 0 Å². The highest BCUT2D eigenvalue weighted by atomic mass is 35.5. The molecule has 0 saturated carbocycles. The zero-order chi connectivity index (χ0) is 14.7. The summed E-state index contributed by atoms with van der Waals surface area (Å²) >= 11 is 11.7. The Balaban J connectivity index is 2.17. The molecule has 0 saturated heterocycles. The number of carbonyl (C=O) groups excluding carboxylic acids is 1. The number of aromatic amines is 1. The van der Waals surface area contributed by atoms with E-state index in [2.05, 4.69) is 15.5 Å². The predicted molar refractivity (Wildman–Crippen MR) is 81.4 cm³/mol. The number of aromatic nitrogens is 2. The monoisotopic (exact) mass is 312 g/mol. The van der Waals surface area contributed by atoms with Gasteiger partial charge in [-0.3, -0.25) is 9.89 Å². The molecule has 1 amide bonds. The lowest BCUT2D eigenvalue weighted by molar-refractivity contribution is 0.102. The third-order valence-corrected chi connectivity index (χ3v) is 3.51. The van der Waals surface area contributed by atoms with Crippen LogP contribution in [0.15, 0.2) is 18.2 Å². The minimum atomic E-state index is -0.389. The van der Waals surface area contributed by atoms with Crippen molar-refractivity contribution in [1.82, 2.24) is 10.2 Å². The van der Waals surface area contributed by atoms with Crippen molar-refractivity contribution in [2.24, 2.45) is 0 Å². The van der Waals surface area contributed by atoms with Crippen LogP contribution < -0.4 is 11.1 Å². The second kappa shape index (κ2) is 6.15. The number of aryl methyl sites for hydroxylation is 1. The Kier molecular flexibility index (Phi) is 4.52. The van der Waals surface area contributed by atoms with E-state index in [-0.39, 0.29) is 11.6 Å². The van der Waals surface area contributed by atoms with Gasteiger partial charge in [-0.05, 0) is 24.6 Å². The third-order valence-electron chi connectivity index (χ3n) is 2.78. The lowest BCUT2D eigenvalue weighted by Gasteiger charge is -2.05. The lowest BCUT2D eigenvalue weighted by atomic mass is 10.2. The Labute approximate surface area is 126 Å². The van der Waals surface area contributed by atoms with Crippen molar-refractivity contribution in [3.63, 3.8) is 0 Å². The molecule has 0 aliphatic rings. The largest absolute Gasteiger partial charge is 0.395 e. The molecular formula is C13H14Cl2N4O. The van der Waals surface area contributed by atoms with Crippen LogP contribution in [0.3, 0.4) is 0 Å². The smallest absolute Gasteiger partial charge is 0.278 e. The van der Waals surface area contributed by atoms with Gasteiger partial charge in [-0.15, -0.1) is 0 Å². The van der Waals surface area contributed by atoms with Gasteiger partial charge in [0.25, 0.3) is 5.91 Å². The van der Waals surface area contributed by atoms with Crippen molar-refractivity contribution < 1.29 is 4.79 Å². The van der Waals surface area contributed by atoms with Crippen LogP contribution in [0, 0.1) is 0 Å². The molecule has 2 aromatic rings. The number of carbonyl (C=O) groups is 1. The van der Waals surface area contributed by atoms with Crippen LogP contribution in [-0.4, -0.2) is 16.1 Å². The zero-order valence-corrected chi connectivity index (χ0v) is 12.3. The highest BCUT2D eigenvalue weighted by Crippen LogP contribution is 2.25. The van der Waals surface area contributed by atoms with Gasteiger partial charge in [0.15, 0.2) is 5.69 Å². The fourth-order valence-corrected chi connectivity index (χ4v) is 2.06. The molecule has 106 valence electrons. The first kappa shape index (κ1) is 14.7. The van der Waals surface area contributed by atoms with Crippen LogP contribution in [-0.2, 0) is 6.42 Å². The first-order valence-corrected chi connectivity index (χ1v) is 6.87. The summed E-state index contributed by atoms with van der Waals surface area (Å²) in [6.07, 6.45) is 1.67. The van der Waals surface area contributed by atoms with E-state index in [4.69, 9.17) is 28.9 Å². The number of hydrogen-bond donors (Lipinski definition) is 3.